The molecule has 0 amide bonds. The molecule has 0 aromatic heterocycles. The Morgan fingerprint density at radius 3 is 2.18 bits per heavy atom. The van der Waals surface area contributed by atoms with Crippen molar-refractivity contribution < 1.29 is 33.3 Å². The van der Waals surface area contributed by atoms with Gasteiger partial charge in [-0.25, -0.2) is 8.78 Å². The van der Waals surface area contributed by atoms with E-state index in [-0.39, 0.29) is 29.2 Å². The zero-order chi connectivity index (χ0) is 26.9. The number of benzene rings is 3. The van der Waals surface area contributed by atoms with E-state index >= 15 is 0 Å². The number of carbonyl (C=O) groups excluding carboxylic acids is 2. The third-order valence-corrected chi connectivity index (χ3v) is 7.56. The van der Waals surface area contributed by atoms with Crippen molar-refractivity contribution in [2.45, 2.75) is 24.9 Å². The van der Waals surface area contributed by atoms with Crippen LogP contribution in [0.1, 0.15) is 39.1 Å². The zero-order valence-corrected chi connectivity index (χ0v) is 20.8. The summed E-state index contributed by atoms with van der Waals surface area (Å²) in [5, 5.41) is 20.4. The van der Waals surface area contributed by atoms with Crippen molar-refractivity contribution in [2.24, 2.45) is 11.8 Å². The number of aromatic hydroxyl groups is 1. The highest BCUT2D eigenvalue weighted by atomic mass is 19.1. The molecule has 1 heterocycles. The van der Waals surface area contributed by atoms with Gasteiger partial charge in [0.1, 0.15) is 0 Å². The second-order valence-electron chi connectivity index (χ2n) is 10.5. The Morgan fingerprint density at radius 1 is 0.895 bits per heavy atom. The van der Waals surface area contributed by atoms with Gasteiger partial charge in [-0.1, -0.05) is 30.3 Å². The Morgan fingerprint density at radius 2 is 1.53 bits per heavy atom. The number of phenolic OH excluding ortho intramolecular Hbond substituents is 1. The molecule has 8 heteroatoms. The number of Topliss-reactive ketones (excluding diaryl/α,β-unsaturated/α-hetero) is 2. The summed E-state index contributed by atoms with van der Waals surface area (Å²) in [4.78, 5) is 27.1. The number of aliphatic hydroxyl groups is 1. The van der Waals surface area contributed by atoms with Gasteiger partial charge in [0.2, 0.25) is 0 Å². The lowest BCUT2D eigenvalue weighted by Gasteiger charge is -2.26. The summed E-state index contributed by atoms with van der Waals surface area (Å²) in [6, 6.07) is 17.0. The van der Waals surface area contributed by atoms with Gasteiger partial charge in [-0.05, 0) is 66.6 Å². The number of hydrogen-bond donors (Lipinski definition) is 2. The van der Waals surface area contributed by atoms with E-state index in [1.165, 1.54) is 18.2 Å². The van der Waals surface area contributed by atoms with Crippen LogP contribution in [0.15, 0.2) is 66.7 Å². The molecule has 2 aliphatic rings. The lowest BCUT2D eigenvalue weighted by Crippen LogP contribution is -2.34. The Labute approximate surface area is 219 Å². The van der Waals surface area contributed by atoms with E-state index in [1.54, 1.807) is 0 Å². The Bertz CT molecular complexity index is 1330. The van der Waals surface area contributed by atoms with Crippen molar-refractivity contribution in [3.63, 3.8) is 0 Å². The van der Waals surface area contributed by atoms with Crippen molar-refractivity contribution in [3.05, 3.63) is 95.1 Å². The number of hydrogen-bond acceptors (Lipinski definition) is 6. The molecule has 2 fully saturated rings. The van der Waals surface area contributed by atoms with Crippen molar-refractivity contribution in [3.8, 4) is 11.5 Å². The van der Waals surface area contributed by atoms with E-state index in [0.29, 0.717) is 31.1 Å². The molecule has 5 rings (SSSR count). The molecule has 3 aromatic rings. The maximum absolute atomic E-state index is 14.6. The second-order valence-corrected chi connectivity index (χ2v) is 10.5. The highest BCUT2D eigenvalue weighted by Crippen LogP contribution is 2.45. The second kappa shape index (κ2) is 10.6. The van der Waals surface area contributed by atoms with Crippen LogP contribution in [0.2, 0.25) is 0 Å². The van der Waals surface area contributed by atoms with Crippen LogP contribution in [0.3, 0.4) is 0 Å². The molecule has 1 aliphatic carbocycles. The third kappa shape index (κ3) is 5.76. The van der Waals surface area contributed by atoms with E-state index in [9.17, 15) is 28.6 Å². The van der Waals surface area contributed by atoms with Gasteiger partial charge in [0.05, 0.1) is 12.1 Å². The minimum atomic E-state index is -0.936. The number of nitrogens with zero attached hydrogens (tertiary/aromatic N) is 1. The molecule has 0 bridgehead atoms. The molecule has 1 saturated heterocycles. The number of ketones is 2. The molecular weight excluding hydrogens is 492 g/mol. The van der Waals surface area contributed by atoms with Gasteiger partial charge < -0.3 is 14.9 Å². The van der Waals surface area contributed by atoms with E-state index in [1.807, 2.05) is 30.3 Å². The number of fused-ring (bicyclic) bond motifs is 1. The van der Waals surface area contributed by atoms with E-state index in [2.05, 4.69) is 4.90 Å². The average molecular weight is 522 g/mol. The van der Waals surface area contributed by atoms with Crippen LogP contribution in [-0.2, 0) is 6.42 Å². The van der Waals surface area contributed by atoms with Gasteiger partial charge in [0, 0.05) is 30.6 Å². The van der Waals surface area contributed by atoms with Crippen molar-refractivity contribution in [1.29, 1.82) is 0 Å². The van der Waals surface area contributed by atoms with E-state index in [4.69, 9.17) is 4.74 Å². The van der Waals surface area contributed by atoms with E-state index in [0.717, 1.165) is 36.9 Å². The maximum Gasteiger partial charge on any atom is 0.200 e. The molecule has 1 saturated carbocycles. The normalized spacial score (nSPS) is 22.8. The van der Waals surface area contributed by atoms with Crippen LogP contribution >= 0.6 is 0 Å². The first-order chi connectivity index (χ1) is 18.2. The SMILES string of the molecule is O=C(COc1ccc(C(=O)CN2CC3CC(O)(Cc4ccccc4)CC3C2)cc1F)c1ccc(O)c(F)c1. The minimum Gasteiger partial charge on any atom is -0.505 e. The standard InChI is InChI=1S/C30H29F2NO5/c31-24-10-21(6-8-26(24)34)28(36)18-38-29-9-7-20(11-25(29)32)27(35)17-33-15-22-13-30(37,14-23(22)16-33)12-19-4-2-1-3-5-19/h1-11,22-23,34,37H,12-18H2. The highest BCUT2D eigenvalue weighted by Gasteiger charge is 2.48. The van der Waals surface area contributed by atoms with Gasteiger partial charge in [0.15, 0.2) is 41.3 Å². The van der Waals surface area contributed by atoms with E-state index < -0.39 is 35.4 Å². The lowest BCUT2D eigenvalue weighted by molar-refractivity contribution is 0.0355. The van der Waals surface area contributed by atoms with Crippen LogP contribution in [0.5, 0.6) is 11.5 Å². The summed E-state index contributed by atoms with van der Waals surface area (Å²) in [5.41, 5.74) is 0.597. The van der Waals surface area contributed by atoms with Gasteiger partial charge >= 0.3 is 0 Å². The smallest absolute Gasteiger partial charge is 0.200 e. The van der Waals surface area contributed by atoms with Gasteiger partial charge in [-0.15, -0.1) is 0 Å². The predicted octanol–water partition coefficient (Wildman–Crippen LogP) is 4.43. The Kier molecular flexibility index (Phi) is 7.27. The molecule has 0 spiro atoms. The molecule has 2 unspecified atom stereocenters. The van der Waals surface area contributed by atoms with Gasteiger partial charge in [0.25, 0.3) is 0 Å². The Balaban J connectivity index is 1.12. The summed E-state index contributed by atoms with van der Waals surface area (Å²) >= 11 is 0. The monoisotopic (exact) mass is 521 g/mol. The van der Waals surface area contributed by atoms with Crippen LogP contribution < -0.4 is 4.74 Å². The fraction of sp³-hybridized carbons (Fsp3) is 0.333. The maximum atomic E-state index is 14.6. The summed E-state index contributed by atoms with van der Waals surface area (Å²) < 4.78 is 33.3. The summed E-state index contributed by atoms with van der Waals surface area (Å²) in [6.07, 6.45) is 2.03. The van der Waals surface area contributed by atoms with Crippen molar-refractivity contribution >= 4 is 11.6 Å². The molecule has 2 atom stereocenters. The number of ether oxygens (including phenoxy) is 1. The lowest BCUT2D eigenvalue weighted by atomic mass is 9.91. The number of phenols is 1. The minimum absolute atomic E-state index is 0.0126. The van der Waals surface area contributed by atoms with Crippen LogP contribution in [0.4, 0.5) is 8.78 Å². The number of carbonyl (C=O) groups is 2. The molecular formula is C30H29F2NO5. The first-order valence-electron chi connectivity index (χ1n) is 12.6. The molecule has 6 nitrogen and oxygen atoms in total. The average Bonchev–Trinajstić information content (AvgIpc) is 3.38. The molecule has 3 aromatic carbocycles. The number of rotatable bonds is 9. The topological polar surface area (TPSA) is 87.1 Å². The van der Waals surface area contributed by atoms with Crippen LogP contribution in [0, 0.1) is 23.5 Å². The van der Waals surface area contributed by atoms with Crippen LogP contribution in [-0.4, -0.2) is 58.5 Å². The largest absolute Gasteiger partial charge is 0.505 e. The molecule has 198 valence electrons. The fourth-order valence-electron chi connectivity index (χ4n) is 5.80. The highest BCUT2D eigenvalue weighted by molar-refractivity contribution is 5.98. The first-order valence-corrected chi connectivity index (χ1v) is 12.6. The molecule has 38 heavy (non-hydrogen) atoms. The summed E-state index contributed by atoms with van der Waals surface area (Å²) in [5.74, 6) is -2.63. The Hall–Kier alpha value is -3.62. The molecule has 2 N–H and O–H groups in total. The number of halogens is 2. The van der Waals surface area contributed by atoms with Crippen molar-refractivity contribution in [2.75, 3.05) is 26.2 Å². The number of likely N-dealkylation sites (tertiary alicyclic amines) is 1. The quantitative estimate of drug-likeness (QED) is 0.405. The van der Waals surface area contributed by atoms with Gasteiger partial charge in [-0.3, -0.25) is 14.5 Å². The predicted molar refractivity (Wildman–Crippen MR) is 136 cm³/mol. The fourth-order valence-corrected chi connectivity index (χ4v) is 5.80. The summed E-state index contributed by atoms with van der Waals surface area (Å²) in [7, 11) is 0. The third-order valence-electron chi connectivity index (χ3n) is 7.56. The van der Waals surface area contributed by atoms with Gasteiger partial charge in [-0.2, -0.15) is 0 Å². The molecule has 1 aliphatic heterocycles. The van der Waals surface area contributed by atoms with Crippen molar-refractivity contribution in [1.82, 2.24) is 4.90 Å². The first kappa shape index (κ1) is 26.0. The summed E-state index contributed by atoms with van der Waals surface area (Å²) in [6.45, 7) is 1.07. The zero-order valence-electron chi connectivity index (χ0n) is 20.8. The molecule has 0 radical (unpaired) electrons. The van der Waals surface area contributed by atoms with Crippen LogP contribution in [0.25, 0.3) is 0 Å².